The first kappa shape index (κ1) is 14.7. The minimum Gasteiger partial charge on any atom is -0.361 e. The van der Waals surface area contributed by atoms with Crippen molar-refractivity contribution in [3.8, 4) is 11.1 Å². The van der Waals surface area contributed by atoms with Gasteiger partial charge in [0.25, 0.3) is 0 Å². The SMILES string of the molecule is C=C(CC)CC(=O)c1cc(-c2c[nH]c3ccc(F)cc23)cs1. The van der Waals surface area contributed by atoms with Crippen LogP contribution in [0.25, 0.3) is 22.0 Å². The number of thiophene rings is 1. The summed E-state index contributed by atoms with van der Waals surface area (Å²) in [5, 5.41) is 2.77. The van der Waals surface area contributed by atoms with Crippen molar-refractivity contribution in [3.63, 3.8) is 0 Å². The summed E-state index contributed by atoms with van der Waals surface area (Å²) in [6, 6.07) is 6.54. The van der Waals surface area contributed by atoms with E-state index in [4.69, 9.17) is 0 Å². The smallest absolute Gasteiger partial charge is 0.176 e. The number of halogens is 1. The third-order valence-corrected chi connectivity index (χ3v) is 4.71. The standard InChI is InChI=1S/C18H16FNOS/c1-3-11(2)6-17(21)18-7-12(10-22-18)15-9-20-16-5-4-13(19)8-14(15)16/h4-5,7-10,20H,2-3,6H2,1H3. The first-order chi connectivity index (χ1) is 10.6. The Hall–Kier alpha value is -2.20. The van der Waals surface area contributed by atoms with Crippen LogP contribution < -0.4 is 0 Å². The third-order valence-electron chi connectivity index (χ3n) is 3.74. The van der Waals surface area contributed by atoms with Gasteiger partial charge in [-0.25, -0.2) is 4.39 Å². The minimum absolute atomic E-state index is 0.0918. The molecule has 0 saturated carbocycles. The molecule has 0 amide bonds. The first-order valence-electron chi connectivity index (χ1n) is 7.14. The lowest BCUT2D eigenvalue weighted by Gasteiger charge is -1.99. The van der Waals surface area contributed by atoms with Crippen molar-refractivity contribution in [1.82, 2.24) is 4.98 Å². The Morgan fingerprint density at radius 2 is 2.18 bits per heavy atom. The van der Waals surface area contributed by atoms with E-state index in [9.17, 15) is 9.18 Å². The molecule has 1 N–H and O–H groups in total. The van der Waals surface area contributed by atoms with Gasteiger partial charge in [-0.3, -0.25) is 4.79 Å². The van der Waals surface area contributed by atoms with E-state index in [1.807, 2.05) is 24.6 Å². The Balaban J connectivity index is 1.94. The third kappa shape index (κ3) is 2.74. The number of fused-ring (bicyclic) bond motifs is 1. The molecular formula is C18H16FNOS. The molecule has 0 aliphatic rings. The zero-order chi connectivity index (χ0) is 15.7. The number of H-pyrrole nitrogens is 1. The van der Waals surface area contributed by atoms with Crippen molar-refractivity contribution in [1.29, 1.82) is 0 Å². The van der Waals surface area contributed by atoms with E-state index in [-0.39, 0.29) is 11.6 Å². The molecule has 0 fully saturated rings. The summed E-state index contributed by atoms with van der Waals surface area (Å²) in [7, 11) is 0. The topological polar surface area (TPSA) is 32.9 Å². The molecule has 22 heavy (non-hydrogen) atoms. The van der Waals surface area contributed by atoms with Crippen molar-refractivity contribution in [2.45, 2.75) is 19.8 Å². The summed E-state index contributed by atoms with van der Waals surface area (Å²) in [6.45, 7) is 5.88. The van der Waals surface area contributed by atoms with E-state index in [1.165, 1.54) is 23.5 Å². The predicted octanol–water partition coefficient (Wildman–Crippen LogP) is 5.57. The summed E-state index contributed by atoms with van der Waals surface area (Å²) in [4.78, 5) is 16.0. The maximum absolute atomic E-state index is 13.5. The Bertz CT molecular complexity index is 859. The van der Waals surface area contributed by atoms with Gasteiger partial charge in [0.05, 0.1) is 4.88 Å². The number of hydrogen-bond donors (Lipinski definition) is 1. The number of carbonyl (C=O) groups is 1. The van der Waals surface area contributed by atoms with Crippen LogP contribution in [0.3, 0.4) is 0 Å². The predicted molar refractivity (Wildman–Crippen MR) is 89.9 cm³/mol. The molecule has 0 saturated heterocycles. The van der Waals surface area contributed by atoms with Gasteiger partial charge in [-0.05, 0) is 41.6 Å². The van der Waals surface area contributed by atoms with Crippen molar-refractivity contribution >= 4 is 28.0 Å². The van der Waals surface area contributed by atoms with Crippen molar-refractivity contribution in [2.75, 3.05) is 0 Å². The highest BCUT2D eigenvalue weighted by molar-refractivity contribution is 7.12. The number of carbonyl (C=O) groups excluding carboxylic acids is 1. The highest BCUT2D eigenvalue weighted by Gasteiger charge is 2.13. The number of rotatable bonds is 5. The lowest BCUT2D eigenvalue weighted by atomic mass is 10.0. The monoisotopic (exact) mass is 313 g/mol. The average molecular weight is 313 g/mol. The second kappa shape index (κ2) is 5.89. The summed E-state index contributed by atoms with van der Waals surface area (Å²) < 4.78 is 13.5. The number of benzene rings is 1. The molecule has 3 rings (SSSR count). The number of allylic oxidation sites excluding steroid dienone is 1. The van der Waals surface area contributed by atoms with E-state index >= 15 is 0 Å². The molecule has 1 aromatic carbocycles. The molecule has 0 aliphatic heterocycles. The molecule has 0 spiro atoms. The van der Waals surface area contributed by atoms with Crippen LogP contribution in [0.1, 0.15) is 29.4 Å². The van der Waals surface area contributed by atoms with Crippen molar-refractivity contribution < 1.29 is 9.18 Å². The van der Waals surface area contributed by atoms with Gasteiger partial charge in [0.15, 0.2) is 5.78 Å². The summed E-state index contributed by atoms with van der Waals surface area (Å²) in [5.74, 6) is -0.173. The molecule has 0 bridgehead atoms. The molecule has 0 aliphatic carbocycles. The molecule has 0 atom stereocenters. The van der Waals surface area contributed by atoms with Gasteiger partial charge in [0, 0.05) is 29.1 Å². The molecular weight excluding hydrogens is 297 g/mol. The van der Waals surface area contributed by atoms with Gasteiger partial charge in [0.1, 0.15) is 5.82 Å². The van der Waals surface area contributed by atoms with Gasteiger partial charge in [-0.2, -0.15) is 0 Å². The summed E-state index contributed by atoms with van der Waals surface area (Å²) in [6.07, 6.45) is 3.05. The van der Waals surface area contributed by atoms with Crippen LogP contribution in [-0.4, -0.2) is 10.8 Å². The second-order valence-electron chi connectivity index (χ2n) is 5.30. The van der Waals surface area contributed by atoms with Crippen LogP contribution in [0.5, 0.6) is 0 Å². The van der Waals surface area contributed by atoms with Crippen LogP contribution in [0.15, 0.2) is 48.0 Å². The number of aromatic amines is 1. The average Bonchev–Trinajstić information content (AvgIpc) is 3.12. The molecule has 2 aromatic heterocycles. The maximum atomic E-state index is 13.5. The van der Waals surface area contributed by atoms with Crippen LogP contribution >= 0.6 is 11.3 Å². The zero-order valence-corrected chi connectivity index (χ0v) is 13.1. The molecule has 2 heterocycles. The Kier molecular flexibility index (Phi) is 3.94. The number of hydrogen-bond acceptors (Lipinski definition) is 2. The quantitative estimate of drug-likeness (QED) is 0.484. The fourth-order valence-electron chi connectivity index (χ4n) is 2.39. The Labute approximate surface area is 132 Å². The maximum Gasteiger partial charge on any atom is 0.176 e. The molecule has 2 nitrogen and oxygen atoms in total. The Morgan fingerprint density at radius 3 is 2.95 bits per heavy atom. The van der Waals surface area contributed by atoms with Crippen LogP contribution in [-0.2, 0) is 0 Å². The number of Topliss-reactive ketones (excluding diaryl/α,β-unsaturated/α-hetero) is 1. The lowest BCUT2D eigenvalue weighted by Crippen LogP contribution is -1.96. The zero-order valence-electron chi connectivity index (χ0n) is 12.3. The van der Waals surface area contributed by atoms with E-state index in [1.54, 1.807) is 6.07 Å². The number of nitrogens with one attached hydrogen (secondary N) is 1. The van der Waals surface area contributed by atoms with Gasteiger partial charge >= 0.3 is 0 Å². The molecule has 112 valence electrons. The fourth-order valence-corrected chi connectivity index (χ4v) is 3.24. The second-order valence-corrected chi connectivity index (χ2v) is 6.21. The number of aromatic nitrogens is 1. The fraction of sp³-hybridized carbons (Fsp3) is 0.167. The van der Waals surface area contributed by atoms with E-state index in [2.05, 4.69) is 11.6 Å². The molecule has 0 unspecified atom stereocenters. The summed E-state index contributed by atoms with van der Waals surface area (Å²) >= 11 is 1.42. The normalized spacial score (nSPS) is 11.0. The highest BCUT2D eigenvalue weighted by Crippen LogP contribution is 2.33. The van der Waals surface area contributed by atoms with E-state index in [0.29, 0.717) is 6.42 Å². The van der Waals surface area contributed by atoms with E-state index in [0.717, 1.165) is 38.9 Å². The first-order valence-corrected chi connectivity index (χ1v) is 8.02. The summed E-state index contributed by atoms with van der Waals surface area (Å²) in [5.41, 5.74) is 3.68. The van der Waals surface area contributed by atoms with Crippen molar-refractivity contribution in [2.24, 2.45) is 0 Å². The van der Waals surface area contributed by atoms with Crippen LogP contribution in [0.2, 0.25) is 0 Å². The van der Waals surface area contributed by atoms with Gasteiger partial charge in [-0.15, -0.1) is 11.3 Å². The van der Waals surface area contributed by atoms with E-state index < -0.39 is 0 Å². The highest BCUT2D eigenvalue weighted by atomic mass is 32.1. The largest absolute Gasteiger partial charge is 0.361 e. The molecule has 3 aromatic rings. The van der Waals surface area contributed by atoms with Gasteiger partial charge < -0.3 is 4.98 Å². The minimum atomic E-state index is -0.265. The van der Waals surface area contributed by atoms with Gasteiger partial charge in [0.2, 0.25) is 0 Å². The Morgan fingerprint density at radius 1 is 1.36 bits per heavy atom. The van der Waals surface area contributed by atoms with Crippen LogP contribution in [0.4, 0.5) is 4.39 Å². The van der Waals surface area contributed by atoms with Crippen molar-refractivity contribution in [3.05, 3.63) is 58.7 Å². The lowest BCUT2D eigenvalue weighted by molar-refractivity contribution is 0.0996. The number of ketones is 1. The molecule has 4 heteroatoms. The van der Waals surface area contributed by atoms with Gasteiger partial charge in [-0.1, -0.05) is 19.1 Å². The van der Waals surface area contributed by atoms with Crippen LogP contribution in [0, 0.1) is 5.82 Å². The molecule has 0 radical (unpaired) electrons.